The average molecular weight is 252 g/mol. The van der Waals surface area contributed by atoms with E-state index in [1.807, 2.05) is 43.3 Å². The smallest absolute Gasteiger partial charge is 0.123 e. The highest BCUT2D eigenvalue weighted by Gasteiger charge is 2.12. The zero-order valence-electron chi connectivity index (χ0n) is 11.7. The third kappa shape index (κ3) is 4.64. The summed E-state index contributed by atoms with van der Waals surface area (Å²) < 4.78 is 5.33. The van der Waals surface area contributed by atoms with Crippen molar-refractivity contribution in [1.29, 1.82) is 0 Å². The Morgan fingerprint density at radius 1 is 1.33 bits per heavy atom. The van der Waals surface area contributed by atoms with Crippen LogP contribution < -0.4 is 10.1 Å². The van der Waals surface area contributed by atoms with Crippen molar-refractivity contribution in [3.63, 3.8) is 0 Å². The molecule has 0 bridgehead atoms. The molecule has 0 fully saturated rings. The van der Waals surface area contributed by atoms with Gasteiger partial charge in [-0.25, -0.2) is 0 Å². The number of aliphatic hydroxyl groups excluding tert-OH is 1. The Bertz CT molecular complexity index is 355. The van der Waals surface area contributed by atoms with Crippen molar-refractivity contribution < 1.29 is 9.84 Å². The molecule has 0 aliphatic carbocycles. The number of hydrogen-bond acceptors (Lipinski definition) is 4. The molecule has 0 aliphatic rings. The second-order valence-corrected chi connectivity index (χ2v) is 4.79. The molecule has 4 heteroatoms. The fraction of sp³-hybridized carbons (Fsp3) is 0.571. The highest BCUT2D eigenvalue weighted by molar-refractivity contribution is 5.35. The molecule has 2 atom stereocenters. The Labute approximate surface area is 110 Å². The molecule has 0 amide bonds. The topological polar surface area (TPSA) is 44.7 Å². The minimum Gasteiger partial charge on any atom is -0.496 e. The molecule has 0 heterocycles. The first kappa shape index (κ1) is 15.0. The zero-order valence-corrected chi connectivity index (χ0v) is 11.7. The van der Waals surface area contributed by atoms with E-state index in [1.54, 1.807) is 7.11 Å². The molecule has 1 aromatic rings. The number of para-hydroxylation sites is 1. The van der Waals surface area contributed by atoms with Crippen molar-refractivity contribution in [3.8, 4) is 5.75 Å². The van der Waals surface area contributed by atoms with Crippen molar-refractivity contribution in [3.05, 3.63) is 29.8 Å². The molecule has 102 valence electrons. The van der Waals surface area contributed by atoms with E-state index in [9.17, 15) is 5.11 Å². The fourth-order valence-corrected chi connectivity index (χ4v) is 1.93. The summed E-state index contributed by atoms with van der Waals surface area (Å²) in [6.07, 6.45) is -0.364. The largest absolute Gasteiger partial charge is 0.496 e. The van der Waals surface area contributed by atoms with Gasteiger partial charge in [0.15, 0.2) is 0 Å². The molecule has 1 aromatic carbocycles. The predicted molar refractivity (Wildman–Crippen MR) is 74.0 cm³/mol. The molecule has 4 nitrogen and oxygen atoms in total. The van der Waals surface area contributed by atoms with Crippen LogP contribution in [0, 0.1) is 0 Å². The SMILES string of the molecule is COc1ccccc1[C@@H](C)NCC(O)CN(C)C. The van der Waals surface area contributed by atoms with Gasteiger partial charge in [-0.15, -0.1) is 0 Å². The summed E-state index contributed by atoms with van der Waals surface area (Å²) in [7, 11) is 5.58. The van der Waals surface area contributed by atoms with Crippen LogP contribution in [0.2, 0.25) is 0 Å². The Kier molecular flexibility index (Phi) is 6.12. The lowest BCUT2D eigenvalue weighted by Crippen LogP contribution is -2.36. The summed E-state index contributed by atoms with van der Waals surface area (Å²) in [5, 5.41) is 13.1. The Balaban J connectivity index is 2.52. The quantitative estimate of drug-likeness (QED) is 0.767. The average Bonchev–Trinajstić information content (AvgIpc) is 2.35. The van der Waals surface area contributed by atoms with E-state index < -0.39 is 0 Å². The zero-order chi connectivity index (χ0) is 13.5. The fourth-order valence-electron chi connectivity index (χ4n) is 1.93. The van der Waals surface area contributed by atoms with Crippen molar-refractivity contribution in [2.24, 2.45) is 0 Å². The van der Waals surface area contributed by atoms with Crippen molar-refractivity contribution in [2.75, 3.05) is 34.3 Å². The van der Waals surface area contributed by atoms with Gasteiger partial charge in [0.1, 0.15) is 5.75 Å². The van der Waals surface area contributed by atoms with Gasteiger partial charge in [0.05, 0.1) is 13.2 Å². The number of nitrogens with zero attached hydrogens (tertiary/aromatic N) is 1. The number of likely N-dealkylation sites (N-methyl/N-ethyl adjacent to an activating group) is 1. The van der Waals surface area contributed by atoms with Crippen LogP contribution >= 0.6 is 0 Å². The molecule has 0 saturated carbocycles. The normalized spacial score (nSPS) is 14.6. The molecule has 1 unspecified atom stereocenters. The second-order valence-electron chi connectivity index (χ2n) is 4.79. The molecule has 2 N–H and O–H groups in total. The Hall–Kier alpha value is -1.10. The van der Waals surface area contributed by atoms with E-state index in [0.29, 0.717) is 13.1 Å². The van der Waals surface area contributed by atoms with E-state index in [0.717, 1.165) is 11.3 Å². The molecular formula is C14H24N2O2. The number of aliphatic hydroxyl groups is 1. The van der Waals surface area contributed by atoms with Gasteiger partial charge in [0.2, 0.25) is 0 Å². The van der Waals surface area contributed by atoms with Crippen molar-refractivity contribution >= 4 is 0 Å². The van der Waals surface area contributed by atoms with Crippen LogP contribution in [-0.2, 0) is 0 Å². The van der Waals surface area contributed by atoms with Gasteiger partial charge in [-0.2, -0.15) is 0 Å². The summed E-state index contributed by atoms with van der Waals surface area (Å²) in [5.74, 6) is 0.875. The minimum absolute atomic E-state index is 0.151. The maximum absolute atomic E-state index is 9.81. The number of rotatable bonds is 7. The van der Waals surface area contributed by atoms with Crippen LogP contribution in [0.25, 0.3) is 0 Å². The van der Waals surface area contributed by atoms with E-state index >= 15 is 0 Å². The molecule has 0 spiro atoms. The van der Waals surface area contributed by atoms with Gasteiger partial charge in [-0.1, -0.05) is 18.2 Å². The molecular weight excluding hydrogens is 228 g/mol. The van der Waals surface area contributed by atoms with E-state index in [4.69, 9.17) is 4.74 Å². The summed E-state index contributed by atoms with van der Waals surface area (Å²) in [5.41, 5.74) is 1.11. The summed E-state index contributed by atoms with van der Waals surface area (Å²) in [4.78, 5) is 1.97. The Morgan fingerprint density at radius 3 is 2.61 bits per heavy atom. The van der Waals surface area contributed by atoms with Crippen molar-refractivity contribution in [2.45, 2.75) is 19.1 Å². The molecule has 0 radical (unpaired) electrons. The number of methoxy groups -OCH3 is 1. The van der Waals surface area contributed by atoms with Gasteiger partial charge in [-0.05, 0) is 27.1 Å². The maximum atomic E-state index is 9.81. The molecule has 18 heavy (non-hydrogen) atoms. The molecule has 0 aromatic heterocycles. The first-order chi connectivity index (χ1) is 8.54. The van der Waals surface area contributed by atoms with Gasteiger partial charge < -0.3 is 20.1 Å². The maximum Gasteiger partial charge on any atom is 0.123 e. The summed E-state index contributed by atoms with van der Waals surface area (Å²) in [6.45, 7) is 3.29. The molecule has 0 aliphatic heterocycles. The van der Waals surface area contributed by atoms with Crippen LogP contribution in [0.15, 0.2) is 24.3 Å². The number of benzene rings is 1. The third-order valence-corrected chi connectivity index (χ3v) is 2.84. The second kappa shape index (κ2) is 7.36. The van der Waals surface area contributed by atoms with E-state index in [-0.39, 0.29) is 12.1 Å². The van der Waals surface area contributed by atoms with Crippen LogP contribution in [0.5, 0.6) is 5.75 Å². The highest BCUT2D eigenvalue weighted by Crippen LogP contribution is 2.24. The highest BCUT2D eigenvalue weighted by atomic mass is 16.5. The van der Waals surface area contributed by atoms with Gasteiger partial charge in [0, 0.05) is 24.7 Å². The van der Waals surface area contributed by atoms with Crippen LogP contribution in [0.3, 0.4) is 0 Å². The first-order valence-corrected chi connectivity index (χ1v) is 6.23. The van der Waals surface area contributed by atoms with Gasteiger partial charge in [0.25, 0.3) is 0 Å². The van der Waals surface area contributed by atoms with Crippen molar-refractivity contribution in [1.82, 2.24) is 10.2 Å². The Morgan fingerprint density at radius 2 is 2.00 bits per heavy atom. The molecule has 0 saturated heterocycles. The van der Waals surface area contributed by atoms with E-state index in [1.165, 1.54) is 0 Å². The lowest BCUT2D eigenvalue weighted by molar-refractivity contribution is 0.132. The summed E-state index contributed by atoms with van der Waals surface area (Å²) in [6, 6.07) is 8.08. The van der Waals surface area contributed by atoms with Gasteiger partial charge in [-0.3, -0.25) is 0 Å². The monoisotopic (exact) mass is 252 g/mol. The third-order valence-electron chi connectivity index (χ3n) is 2.84. The van der Waals surface area contributed by atoms with Crippen LogP contribution in [-0.4, -0.2) is 50.4 Å². The molecule has 1 rings (SSSR count). The van der Waals surface area contributed by atoms with Crippen LogP contribution in [0.4, 0.5) is 0 Å². The minimum atomic E-state index is -0.364. The lowest BCUT2D eigenvalue weighted by atomic mass is 10.1. The van der Waals surface area contributed by atoms with Crippen LogP contribution in [0.1, 0.15) is 18.5 Å². The number of ether oxygens (including phenoxy) is 1. The first-order valence-electron chi connectivity index (χ1n) is 6.23. The lowest BCUT2D eigenvalue weighted by Gasteiger charge is -2.21. The standard InChI is InChI=1S/C14H24N2O2/c1-11(15-9-12(17)10-16(2)3)13-7-5-6-8-14(13)18-4/h5-8,11-12,15,17H,9-10H2,1-4H3/t11-,12?/m1/s1. The van der Waals surface area contributed by atoms with E-state index in [2.05, 4.69) is 12.2 Å². The van der Waals surface area contributed by atoms with Gasteiger partial charge >= 0.3 is 0 Å². The summed E-state index contributed by atoms with van der Waals surface area (Å²) >= 11 is 0. The predicted octanol–water partition coefficient (Wildman–Crippen LogP) is 1.27. The number of hydrogen-bond donors (Lipinski definition) is 2. The number of nitrogens with one attached hydrogen (secondary N) is 1.